The van der Waals surface area contributed by atoms with Crippen LogP contribution in [0.4, 0.5) is 19.0 Å². The lowest BCUT2D eigenvalue weighted by atomic mass is 10.2. The molecule has 0 N–H and O–H groups in total. The molecule has 0 aliphatic rings. The Bertz CT molecular complexity index is 522. The van der Waals surface area contributed by atoms with E-state index in [2.05, 4.69) is 9.72 Å². The Kier molecular flexibility index (Phi) is 4.32. The minimum absolute atomic E-state index is 0.237. The molecular weight excluding hydrogens is 395 g/mol. The van der Waals surface area contributed by atoms with Gasteiger partial charge in [-0.1, -0.05) is 0 Å². The molecule has 0 aliphatic carbocycles. The Morgan fingerprint density at radius 2 is 2.11 bits per heavy atom. The minimum atomic E-state index is -5.11. The smallest absolute Gasteiger partial charge is 0.403 e. The highest BCUT2D eigenvalue weighted by molar-refractivity contribution is 14.1. The van der Waals surface area contributed by atoms with Crippen LogP contribution in [-0.4, -0.2) is 21.5 Å². The monoisotopic (exact) mass is 396 g/mol. The van der Waals surface area contributed by atoms with Gasteiger partial charge in [-0.25, -0.2) is 0 Å². The molecule has 11 heteroatoms. The average molecular weight is 396 g/mol. The molecule has 0 unspecified atom stereocenters. The molecular formula is C7HClF3IN2O4. The zero-order chi connectivity index (χ0) is 14.1. The zero-order valence-corrected chi connectivity index (χ0v) is 10.9. The summed E-state index contributed by atoms with van der Waals surface area (Å²) in [6, 6.07) is 0. The van der Waals surface area contributed by atoms with Crippen molar-refractivity contribution < 1.29 is 27.6 Å². The molecule has 1 aromatic heterocycles. The Morgan fingerprint density at radius 1 is 1.56 bits per heavy atom. The number of carbonyl (C=O) groups excluding carboxylic acids is 1. The van der Waals surface area contributed by atoms with Crippen molar-refractivity contribution >= 4 is 45.3 Å². The van der Waals surface area contributed by atoms with E-state index >= 15 is 0 Å². The quantitative estimate of drug-likeness (QED) is 0.340. The Labute approximate surface area is 115 Å². The minimum Gasteiger partial charge on any atom is -0.403 e. The number of ether oxygens (including phenoxy) is 1. The fourth-order valence-corrected chi connectivity index (χ4v) is 1.68. The molecule has 6 nitrogen and oxygen atoms in total. The first-order valence-electron chi connectivity index (χ1n) is 3.92. The molecule has 0 atom stereocenters. The summed E-state index contributed by atoms with van der Waals surface area (Å²) >= 11 is 6.40. The maximum Gasteiger partial charge on any atom is 0.573 e. The van der Waals surface area contributed by atoms with Gasteiger partial charge in [-0.05, 0) is 44.1 Å². The van der Waals surface area contributed by atoms with Crippen LogP contribution in [0.15, 0.2) is 6.20 Å². The van der Waals surface area contributed by atoms with Crippen molar-refractivity contribution in [3.8, 4) is 5.75 Å². The molecule has 18 heavy (non-hydrogen) atoms. The molecule has 0 bridgehead atoms. The van der Waals surface area contributed by atoms with Crippen LogP contribution >= 0.6 is 34.2 Å². The molecule has 0 saturated carbocycles. The third-order valence-corrected chi connectivity index (χ3v) is 2.51. The fraction of sp³-hybridized carbons (Fsp3) is 0.143. The van der Waals surface area contributed by atoms with Gasteiger partial charge in [-0.15, -0.1) is 13.2 Å². The van der Waals surface area contributed by atoms with Gasteiger partial charge in [0.25, 0.3) is 5.24 Å². The lowest BCUT2D eigenvalue weighted by molar-refractivity contribution is -0.390. The van der Waals surface area contributed by atoms with Gasteiger partial charge in [-0.2, -0.15) is 0 Å². The molecule has 1 aromatic rings. The van der Waals surface area contributed by atoms with Crippen molar-refractivity contribution in [1.82, 2.24) is 4.98 Å². The van der Waals surface area contributed by atoms with Gasteiger partial charge in [0.15, 0.2) is 17.5 Å². The van der Waals surface area contributed by atoms with Crippen LogP contribution in [0.1, 0.15) is 10.4 Å². The molecule has 0 radical (unpaired) electrons. The SMILES string of the molecule is O=C(Cl)c1c([N+](=O)[O-])ncc(I)c1OC(F)(F)F. The van der Waals surface area contributed by atoms with Crippen molar-refractivity contribution in [3.63, 3.8) is 0 Å². The summed E-state index contributed by atoms with van der Waals surface area (Å²) in [7, 11) is 0. The Hall–Kier alpha value is -1.17. The molecule has 1 rings (SSSR count). The van der Waals surface area contributed by atoms with Gasteiger partial charge in [-0.3, -0.25) is 4.79 Å². The predicted molar refractivity (Wildman–Crippen MR) is 60.5 cm³/mol. The average Bonchev–Trinajstić information content (AvgIpc) is 2.17. The number of halogens is 5. The fourth-order valence-electron chi connectivity index (χ4n) is 0.993. The zero-order valence-electron chi connectivity index (χ0n) is 7.99. The van der Waals surface area contributed by atoms with Crippen LogP contribution in [0.2, 0.25) is 0 Å². The molecule has 98 valence electrons. The van der Waals surface area contributed by atoms with Gasteiger partial charge in [0, 0.05) is 0 Å². The number of rotatable bonds is 3. The van der Waals surface area contributed by atoms with E-state index in [1.165, 1.54) is 22.6 Å². The maximum atomic E-state index is 12.1. The first-order valence-corrected chi connectivity index (χ1v) is 5.37. The predicted octanol–water partition coefficient (Wildman–Crippen LogP) is 2.87. The molecule has 0 aliphatic heterocycles. The second-order valence-corrected chi connectivity index (χ2v) is 4.22. The normalized spacial score (nSPS) is 11.2. The van der Waals surface area contributed by atoms with Crippen molar-refractivity contribution in [2.75, 3.05) is 0 Å². The summed E-state index contributed by atoms with van der Waals surface area (Å²) in [6.07, 6.45) is -4.35. The van der Waals surface area contributed by atoms with E-state index in [0.29, 0.717) is 0 Å². The number of nitro groups is 1. The van der Waals surface area contributed by atoms with E-state index in [1.807, 2.05) is 0 Å². The number of alkyl halides is 3. The lowest BCUT2D eigenvalue weighted by Crippen LogP contribution is -2.20. The first-order chi connectivity index (χ1) is 8.13. The van der Waals surface area contributed by atoms with Gasteiger partial charge in [0.2, 0.25) is 0 Å². The van der Waals surface area contributed by atoms with Crippen LogP contribution < -0.4 is 4.74 Å². The number of carbonyl (C=O) groups is 1. The number of aromatic nitrogens is 1. The third kappa shape index (κ3) is 3.41. The molecule has 0 amide bonds. The van der Waals surface area contributed by atoms with E-state index in [-0.39, 0.29) is 3.57 Å². The second-order valence-electron chi connectivity index (χ2n) is 2.71. The van der Waals surface area contributed by atoms with Gasteiger partial charge in [0.1, 0.15) is 3.57 Å². The van der Waals surface area contributed by atoms with E-state index in [9.17, 15) is 28.1 Å². The number of nitrogens with zero attached hydrogens (tertiary/aromatic N) is 2. The van der Waals surface area contributed by atoms with E-state index in [0.717, 1.165) is 6.20 Å². The third-order valence-electron chi connectivity index (χ3n) is 1.56. The highest BCUT2D eigenvalue weighted by atomic mass is 127. The van der Waals surface area contributed by atoms with E-state index < -0.39 is 33.7 Å². The standard InChI is InChI=1S/C7HClF3IN2O4/c8-5(15)3-4(18-7(9,10)11)2(12)1-13-6(3)14(16)17/h1H. The summed E-state index contributed by atoms with van der Waals surface area (Å²) in [6.45, 7) is 0. The van der Waals surface area contributed by atoms with E-state index in [1.54, 1.807) is 0 Å². The summed E-state index contributed by atoms with van der Waals surface area (Å²) < 4.78 is 39.7. The summed E-state index contributed by atoms with van der Waals surface area (Å²) in [5.41, 5.74) is -1.04. The molecule has 0 saturated heterocycles. The summed E-state index contributed by atoms with van der Waals surface area (Å²) in [4.78, 5) is 23.6. The number of hydrogen-bond donors (Lipinski definition) is 0. The van der Waals surface area contributed by atoms with Gasteiger partial charge in [0.05, 0.1) is 0 Å². The maximum absolute atomic E-state index is 12.1. The molecule has 0 spiro atoms. The van der Waals surface area contributed by atoms with Crippen molar-refractivity contribution in [3.05, 3.63) is 25.4 Å². The summed E-state index contributed by atoms with van der Waals surface area (Å²) in [5, 5.41) is 9.08. The largest absolute Gasteiger partial charge is 0.573 e. The van der Waals surface area contributed by atoms with Crippen molar-refractivity contribution in [2.24, 2.45) is 0 Å². The molecule has 0 fully saturated rings. The highest BCUT2D eigenvalue weighted by Crippen LogP contribution is 2.35. The van der Waals surface area contributed by atoms with Crippen LogP contribution in [0.25, 0.3) is 0 Å². The lowest BCUT2D eigenvalue weighted by Gasteiger charge is -2.12. The number of pyridine rings is 1. The first kappa shape index (κ1) is 14.9. The van der Waals surface area contributed by atoms with Gasteiger partial charge < -0.3 is 14.9 Å². The highest BCUT2D eigenvalue weighted by Gasteiger charge is 2.37. The Morgan fingerprint density at radius 3 is 2.50 bits per heavy atom. The number of hydrogen-bond acceptors (Lipinski definition) is 5. The molecule has 0 aromatic carbocycles. The molecule has 1 heterocycles. The van der Waals surface area contributed by atoms with Crippen LogP contribution in [0.3, 0.4) is 0 Å². The topological polar surface area (TPSA) is 82.3 Å². The van der Waals surface area contributed by atoms with Crippen molar-refractivity contribution in [2.45, 2.75) is 6.36 Å². The van der Waals surface area contributed by atoms with Crippen LogP contribution in [0.5, 0.6) is 5.75 Å². The van der Waals surface area contributed by atoms with Crippen molar-refractivity contribution in [1.29, 1.82) is 0 Å². The second kappa shape index (κ2) is 5.22. The summed E-state index contributed by atoms with van der Waals surface area (Å²) in [5.74, 6) is -2.14. The van der Waals surface area contributed by atoms with Crippen LogP contribution in [0, 0.1) is 13.7 Å². The van der Waals surface area contributed by atoms with Gasteiger partial charge >= 0.3 is 12.2 Å². The van der Waals surface area contributed by atoms with Crippen LogP contribution in [-0.2, 0) is 0 Å². The van der Waals surface area contributed by atoms with E-state index in [4.69, 9.17) is 11.6 Å². The Balaban J connectivity index is 3.51.